The van der Waals surface area contributed by atoms with Crippen LogP contribution in [0.15, 0.2) is 0 Å². The molecule has 0 amide bonds. The molecular formula is C9H18O3. The Morgan fingerprint density at radius 2 is 2.00 bits per heavy atom. The topological polar surface area (TPSA) is 35.5 Å². The number of methoxy groups -OCH3 is 1. The third kappa shape index (κ3) is 7.54. The van der Waals surface area contributed by atoms with E-state index in [4.69, 9.17) is 4.74 Å². The summed E-state index contributed by atoms with van der Waals surface area (Å²) < 4.78 is 9.47. The van der Waals surface area contributed by atoms with E-state index in [0.29, 0.717) is 6.61 Å². The van der Waals surface area contributed by atoms with Gasteiger partial charge in [0, 0.05) is 7.11 Å². The lowest BCUT2D eigenvalue weighted by molar-refractivity contribution is -0.148. The van der Waals surface area contributed by atoms with Gasteiger partial charge in [0.1, 0.15) is 6.61 Å². The third-order valence-electron chi connectivity index (χ3n) is 1.52. The van der Waals surface area contributed by atoms with Crippen LogP contribution in [0.2, 0.25) is 0 Å². The average Bonchev–Trinajstić information content (AvgIpc) is 2.05. The number of esters is 1. The minimum Gasteiger partial charge on any atom is -0.464 e. The fourth-order valence-electron chi connectivity index (χ4n) is 0.874. The predicted molar refractivity (Wildman–Crippen MR) is 47.0 cm³/mol. The van der Waals surface area contributed by atoms with Crippen LogP contribution in [0.3, 0.4) is 0 Å². The molecule has 0 aromatic rings. The molecule has 0 radical (unpaired) electrons. The van der Waals surface area contributed by atoms with Crippen LogP contribution >= 0.6 is 0 Å². The molecule has 0 saturated carbocycles. The highest BCUT2D eigenvalue weighted by atomic mass is 16.6. The number of hydrogen-bond donors (Lipinski definition) is 0. The van der Waals surface area contributed by atoms with Crippen molar-refractivity contribution in [3.63, 3.8) is 0 Å². The minimum absolute atomic E-state index is 0.0633. The fourth-order valence-corrected chi connectivity index (χ4v) is 0.874. The Morgan fingerprint density at radius 1 is 1.25 bits per heavy atom. The molecule has 3 heteroatoms. The highest BCUT2D eigenvalue weighted by molar-refractivity contribution is 5.70. The van der Waals surface area contributed by atoms with E-state index in [0.717, 1.165) is 12.8 Å². The van der Waals surface area contributed by atoms with Crippen LogP contribution in [-0.2, 0) is 14.3 Å². The number of carbonyl (C=O) groups is 1. The summed E-state index contributed by atoms with van der Waals surface area (Å²) in [4.78, 5) is 10.7. The lowest BCUT2D eigenvalue weighted by Gasteiger charge is -2.02. The Labute approximate surface area is 74.0 Å². The van der Waals surface area contributed by atoms with E-state index in [1.165, 1.54) is 20.0 Å². The van der Waals surface area contributed by atoms with E-state index in [1.54, 1.807) is 0 Å². The molecule has 0 aliphatic rings. The van der Waals surface area contributed by atoms with Crippen LogP contribution in [-0.4, -0.2) is 26.3 Å². The van der Waals surface area contributed by atoms with E-state index in [1.807, 2.05) is 0 Å². The van der Waals surface area contributed by atoms with Gasteiger partial charge in [-0.2, -0.15) is 0 Å². The predicted octanol–water partition coefficient (Wildman–Crippen LogP) is 1.76. The molecule has 12 heavy (non-hydrogen) atoms. The number of hydrogen-bond acceptors (Lipinski definition) is 3. The number of ether oxygens (including phenoxy) is 2. The van der Waals surface area contributed by atoms with Gasteiger partial charge in [0.2, 0.25) is 0 Å². The zero-order valence-electron chi connectivity index (χ0n) is 7.97. The fraction of sp³-hybridized carbons (Fsp3) is 0.889. The molecule has 0 spiro atoms. The highest BCUT2D eigenvalue weighted by Gasteiger charge is 1.99. The quantitative estimate of drug-likeness (QED) is 0.436. The Morgan fingerprint density at radius 3 is 2.58 bits per heavy atom. The molecule has 0 unspecified atom stereocenters. The van der Waals surface area contributed by atoms with Gasteiger partial charge in [-0.3, -0.25) is 0 Å². The van der Waals surface area contributed by atoms with Crippen molar-refractivity contribution in [1.29, 1.82) is 0 Å². The molecule has 0 N–H and O–H groups in total. The maximum absolute atomic E-state index is 10.7. The van der Waals surface area contributed by atoms with Gasteiger partial charge in [0.25, 0.3) is 0 Å². The van der Waals surface area contributed by atoms with Gasteiger partial charge >= 0.3 is 5.97 Å². The maximum Gasteiger partial charge on any atom is 0.332 e. The van der Waals surface area contributed by atoms with Crippen LogP contribution < -0.4 is 0 Å². The lowest BCUT2D eigenvalue weighted by Crippen LogP contribution is -2.11. The van der Waals surface area contributed by atoms with Crippen molar-refractivity contribution >= 4 is 5.97 Å². The monoisotopic (exact) mass is 174 g/mol. The van der Waals surface area contributed by atoms with E-state index < -0.39 is 0 Å². The molecule has 3 nitrogen and oxygen atoms in total. The van der Waals surface area contributed by atoms with Gasteiger partial charge in [-0.15, -0.1) is 0 Å². The van der Waals surface area contributed by atoms with Crippen LogP contribution in [0, 0.1) is 0 Å². The van der Waals surface area contributed by atoms with Gasteiger partial charge in [-0.1, -0.05) is 26.2 Å². The van der Waals surface area contributed by atoms with Crippen molar-refractivity contribution in [2.45, 2.75) is 32.6 Å². The van der Waals surface area contributed by atoms with Crippen molar-refractivity contribution in [3.05, 3.63) is 0 Å². The Bertz CT molecular complexity index is 112. The molecule has 0 aliphatic carbocycles. The summed E-state index contributed by atoms with van der Waals surface area (Å²) in [6.07, 6.45) is 4.51. The van der Waals surface area contributed by atoms with Crippen molar-refractivity contribution in [1.82, 2.24) is 0 Å². The SMILES string of the molecule is CCCCCCOC(=O)COC. The lowest BCUT2D eigenvalue weighted by atomic mass is 10.2. The summed E-state index contributed by atoms with van der Waals surface area (Å²) in [5.41, 5.74) is 0. The minimum atomic E-state index is -0.269. The van der Waals surface area contributed by atoms with E-state index >= 15 is 0 Å². The highest BCUT2D eigenvalue weighted by Crippen LogP contribution is 1.98. The van der Waals surface area contributed by atoms with Gasteiger partial charge in [-0.05, 0) is 6.42 Å². The Balaban J connectivity index is 3.03. The molecule has 0 rings (SSSR count). The smallest absolute Gasteiger partial charge is 0.332 e. The second-order valence-electron chi connectivity index (χ2n) is 2.71. The molecule has 0 aliphatic heterocycles. The van der Waals surface area contributed by atoms with Crippen molar-refractivity contribution in [3.8, 4) is 0 Å². The van der Waals surface area contributed by atoms with Gasteiger partial charge < -0.3 is 9.47 Å². The summed E-state index contributed by atoms with van der Waals surface area (Å²) in [5, 5.41) is 0. The van der Waals surface area contributed by atoms with Crippen LogP contribution in [0.4, 0.5) is 0 Å². The van der Waals surface area contributed by atoms with Crippen LogP contribution in [0.1, 0.15) is 32.6 Å². The second kappa shape index (κ2) is 8.53. The summed E-state index contributed by atoms with van der Waals surface area (Å²) in [7, 11) is 1.48. The molecular weight excluding hydrogens is 156 g/mol. The molecule has 0 heterocycles. The summed E-state index contributed by atoms with van der Waals surface area (Å²) in [6.45, 7) is 2.74. The van der Waals surface area contributed by atoms with Crippen molar-refractivity contribution < 1.29 is 14.3 Å². The standard InChI is InChI=1S/C9H18O3/c1-3-4-5-6-7-12-9(10)8-11-2/h3-8H2,1-2H3. The largest absolute Gasteiger partial charge is 0.464 e. The molecule has 0 fully saturated rings. The van der Waals surface area contributed by atoms with Gasteiger partial charge in [0.15, 0.2) is 0 Å². The summed E-state index contributed by atoms with van der Waals surface area (Å²) in [5.74, 6) is -0.269. The van der Waals surface area contributed by atoms with Gasteiger partial charge in [0.05, 0.1) is 6.61 Å². The zero-order valence-corrected chi connectivity index (χ0v) is 7.97. The maximum atomic E-state index is 10.7. The average molecular weight is 174 g/mol. The number of carbonyl (C=O) groups excluding carboxylic acids is 1. The number of rotatable bonds is 7. The Hall–Kier alpha value is -0.570. The van der Waals surface area contributed by atoms with Crippen molar-refractivity contribution in [2.75, 3.05) is 20.3 Å². The molecule has 72 valence electrons. The summed E-state index contributed by atoms with van der Waals surface area (Å²) in [6, 6.07) is 0. The van der Waals surface area contributed by atoms with E-state index in [9.17, 15) is 4.79 Å². The molecule has 0 bridgehead atoms. The van der Waals surface area contributed by atoms with E-state index in [-0.39, 0.29) is 12.6 Å². The zero-order chi connectivity index (χ0) is 9.23. The van der Waals surface area contributed by atoms with Gasteiger partial charge in [-0.25, -0.2) is 4.79 Å². The summed E-state index contributed by atoms with van der Waals surface area (Å²) >= 11 is 0. The molecule has 0 aromatic carbocycles. The first-order chi connectivity index (χ1) is 5.81. The molecule has 0 atom stereocenters. The first-order valence-corrected chi connectivity index (χ1v) is 4.45. The molecule has 0 aromatic heterocycles. The normalized spacial score (nSPS) is 9.83. The van der Waals surface area contributed by atoms with Crippen LogP contribution in [0.25, 0.3) is 0 Å². The molecule has 0 saturated heterocycles. The number of unbranched alkanes of at least 4 members (excludes halogenated alkanes) is 3. The third-order valence-corrected chi connectivity index (χ3v) is 1.52. The van der Waals surface area contributed by atoms with Crippen molar-refractivity contribution in [2.24, 2.45) is 0 Å². The van der Waals surface area contributed by atoms with Crippen LogP contribution in [0.5, 0.6) is 0 Å². The first kappa shape index (κ1) is 11.4. The first-order valence-electron chi connectivity index (χ1n) is 4.45. The Kier molecular flexibility index (Phi) is 8.12. The second-order valence-corrected chi connectivity index (χ2v) is 2.71. The van der Waals surface area contributed by atoms with E-state index in [2.05, 4.69) is 11.7 Å².